The Kier molecular flexibility index (Phi) is 6.63. The number of nitro benzene ring substituents is 1. The quantitative estimate of drug-likeness (QED) is 0.456. The first-order valence-corrected chi connectivity index (χ1v) is 9.07. The van der Waals surface area contributed by atoms with E-state index in [0.717, 1.165) is 17.8 Å². The molecule has 0 unspecified atom stereocenters. The van der Waals surface area contributed by atoms with Crippen LogP contribution in [0, 0.1) is 21.7 Å². The highest BCUT2D eigenvalue weighted by Gasteiger charge is 2.21. The third kappa shape index (κ3) is 5.34. The summed E-state index contributed by atoms with van der Waals surface area (Å²) < 4.78 is 27.1. The summed E-state index contributed by atoms with van der Waals surface area (Å²) in [6.07, 6.45) is 2.01. The maximum Gasteiger partial charge on any atom is 0.322 e. The predicted octanol–water partition coefficient (Wildman–Crippen LogP) is 4.54. The lowest BCUT2D eigenvalue weighted by molar-refractivity contribution is -0.385. The molecule has 0 aliphatic carbocycles. The Morgan fingerprint density at radius 1 is 1.10 bits per heavy atom. The van der Waals surface area contributed by atoms with Gasteiger partial charge in [-0.1, -0.05) is 24.3 Å². The Morgan fingerprint density at radius 3 is 2.57 bits per heavy atom. The molecule has 0 aliphatic rings. The van der Waals surface area contributed by atoms with Gasteiger partial charge in [0.25, 0.3) is 5.69 Å². The van der Waals surface area contributed by atoms with Crippen molar-refractivity contribution in [2.45, 2.75) is 13.0 Å². The number of pyridine rings is 1. The molecule has 0 bridgehead atoms. The van der Waals surface area contributed by atoms with Gasteiger partial charge in [0.05, 0.1) is 17.2 Å². The van der Waals surface area contributed by atoms with E-state index in [-0.39, 0.29) is 24.5 Å². The van der Waals surface area contributed by atoms with Crippen molar-refractivity contribution < 1.29 is 18.5 Å². The largest absolute Gasteiger partial charge is 0.322 e. The van der Waals surface area contributed by atoms with Crippen LogP contribution in [0.2, 0.25) is 0 Å². The number of carbonyl (C=O) groups is 1. The van der Waals surface area contributed by atoms with Gasteiger partial charge in [-0.15, -0.1) is 0 Å². The van der Waals surface area contributed by atoms with E-state index in [4.69, 9.17) is 0 Å². The minimum atomic E-state index is -0.918. The number of benzene rings is 2. The number of urea groups is 1. The van der Waals surface area contributed by atoms with Crippen molar-refractivity contribution in [3.63, 3.8) is 0 Å². The predicted molar refractivity (Wildman–Crippen MR) is 107 cm³/mol. The monoisotopic (exact) mass is 412 g/mol. The number of carbonyl (C=O) groups excluding carboxylic acids is 1. The number of para-hydroxylation sites is 1. The average molecular weight is 412 g/mol. The molecule has 0 saturated heterocycles. The molecule has 154 valence electrons. The second kappa shape index (κ2) is 9.55. The fourth-order valence-corrected chi connectivity index (χ4v) is 2.86. The Morgan fingerprint density at radius 2 is 1.87 bits per heavy atom. The Bertz CT molecular complexity index is 1050. The van der Waals surface area contributed by atoms with Gasteiger partial charge in [-0.2, -0.15) is 0 Å². The van der Waals surface area contributed by atoms with Gasteiger partial charge in [-0.25, -0.2) is 13.6 Å². The van der Waals surface area contributed by atoms with Crippen LogP contribution < -0.4 is 5.32 Å². The minimum absolute atomic E-state index is 0.0708. The third-order valence-electron chi connectivity index (χ3n) is 4.37. The van der Waals surface area contributed by atoms with Gasteiger partial charge in [0.2, 0.25) is 0 Å². The van der Waals surface area contributed by atoms with Crippen molar-refractivity contribution in [2.24, 2.45) is 0 Å². The number of hydrogen-bond donors (Lipinski definition) is 1. The molecule has 2 aromatic carbocycles. The van der Waals surface area contributed by atoms with Crippen LogP contribution >= 0.6 is 0 Å². The van der Waals surface area contributed by atoms with E-state index in [1.807, 2.05) is 6.07 Å². The molecule has 2 amide bonds. The molecule has 1 heterocycles. The second-order valence-electron chi connectivity index (χ2n) is 6.43. The first kappa shape index (κ1) is 20.8. The lowest BCUT2D eigenvalue weighted by atomic mass is 10.1. The number of halogens is 2. The zero-order chi connectivity index (χ0) is 21.5. The molecule has 1 N–H and O–H groups in total. The number of anilines is 1. The molecule has 7 nitrogen and oxygen atoms in total. The molecule has 3 rings (SSSR count). The molecule has 3 aromatic rings. The fraction of sp³-hybridized carbons (Fsp3) is 0.143. The molecule has 0 radical (unpaired) electrons. The van der Waals surface area contributed by atoms with E-state index in [1.165, 1.54) is 17.0 Å². The maximum absolute atomic E-state index is 13.9. The van der Waals surface area contributed by atoms with Crippen molar-refractivity contribution in [2.75, 3.05) is 11.9 Å². The zero-order valence-corrected chi connectivity index (χ0v) is 15.8. The molecule has 0 spiro atoms. The number of amides is 2. The van der Waals surface area contributed by atoms with Gasteiger partial charge in [0.1, 0.15) is 11.6 Å². The van der Waals surface area contributed by atoms with E-state index in [9.17, 15) is 23.7 Å². The number of aromatic nitrogens is 1. The Labute approximate surface area is 171 Å². The average Bonchev–Trinajstić information content (AvgIpc) is 2.74. The van der Waals surface area contributed by atoms with E-state index < -0.39 is 22.6 Å². The normalized spacial score (nSPS) is 10.5. The van der Waals surface area contributed by atoms with Crippen LogP contribution in [0.15, 0.2) is 66.9 Å². The lowest BCUT2D eigenvalue weighted by Gasteiger charge is -2.23. The molecule has 9 heteroatoms. The number of nitro groups is 1. The summed E-state index contributed by atoms with van der Waals surface area (Å²) in [6.45, 7) is 0.107. The number of nitrogens with zero attached hydrogens (tertiary/aromatic N) is 3. The van der Waals surface area contributed by atoms with Gasteiger partial charge in [-0.05, 0) is 24.3 Å². The van der Waals surface area contributed by atoms with Gasteiger partial charge in [0, 0.05) is 42.6 Å². The van der Waals surface area contributed by atoms with E-state index in [1.54, 1.807) is 30.5 Å². The fourth-order valence-electron chi connectivity index (χ4n) is 2.86. The van der Waals surface area contributed by atoms with Crippen LogP contribution in [0.1, 0.15) is 11.3 Å². The van der Waals surface area contributed by atoms with E-state index in [0.29, 0.717) is 18.1 Å². The van der Waals surface area contributed by atoms with Gasteiger partial charge >= 0.3 is 6.03 Å². The minimum Gasteiger partial charge on any atom is -0.320 e. The van der Waals surface area contributed by atoms with Crippen molar-refractivity contribution in [1.82, 2.24) is 9.88 Å². The molecule has 30 heavy (non-hydrogen) atoms. The first-order chi connectivity index (χ1) is 14.4. The topological polar surface area (TPSA) is 88.4 Å². The summed E-state index contributed by atoms with van der Waals surface area (Å²) in [5, 5.41) is 13.7. The van der Waals surface area contributed by atoms with E-state index >= 15 is 0 Å². The van der Waals surface area contributed by atoms with Gasteiger partial charge in [0.15, 0.2) is 0 Å². The van der Waals surface area contributed by atoms with Crippen molar-refractivity contribution in [1.29, 1.82) is 0 Å². The van der Waals surface area contributed by atoms with Crippen LogP contribution in [-0.2, 0) is 13.0 Å². The summed E-state index contributed by atoms with van der Waals surface area (Å²) >= 11 is 0. The highest BCUT2D eigenvalue weighted by molar-refractivity contribution is 5.89. The van der Waals surface area contributed by atoms with Crippen LogP contribution in [0.25, 0.3) is 0 Å². The summed E-state index contributed by atoms with van der Waals surface area (Å²) in [7, 11) is 0. The highest BCUT2D eigenvalue weighted by atomic mass is 19.1. The number of nitrogens with one attached hydrogen (secondary N) is 1. The smallest absolute Gasteiger partial charge is 0.320 e. The standard InChI is InChI=1S/C21H18F2N4O3/c22-16-8-9-19(18(23)13-16)25-21(28)26(12-10-17-6-3-4-11-24-17)14-15-5-1-2-7-20(15)27(29)30/h1-9,11,13H,10,12,14H2,(H,25,28). The number of rotatable bonds is 7. The maximum atomic E-state index is 13.9. The summed E-state index contributed by atoms with van der Waals surface area (Å²) in [6, 6.07) is 13.6. The lowest BCUT2D eigenvalue weighted by Crippen LogP contribution is -2.36. The van der Waals surface area contributed by atoms with Crippen molar-refractivity contribution in [3.05, 3.63) is 99.9 Å². The Hall–Kier alpha value is -3.88. The zero-order valence-electron chi connectivity index (χ0n) is 15.8. The van der Waals surface area contributed by atoms with Crippen LogP contribution in [0.4, 0.5) is 25.0 Å². The Balaban J connectivity index is 1.82. The molecular formula is C21H18F2N4O3. The molecular weight excluding hydrogens is 394 g/mol. The molecule has 1 aromatic heterocycles. The van der Waals surface area contributed by atoms with Gasteiger partial charge < -0.3 is 10.2 Å². The van der Waals surface area contributed by atoms with Gasteiger partial charge in [-0.3, -0.25) is 15.1 Å². The molecule has 0 fully saturated rings. The highest BCUT2D eigenvalue weighted by Crippen LogP contribution is 2.21. The molecule has 0 aliphatic heterocycles. The van der Waals surface area contributed by atoms with E-state index in [2.05, 4.69) is 10.3 Å². The van der Waals surface area contributed by atoms with Crippen molar-refractivity contribution >= 4 is 17.4 Å². The summed E-state index contributed by atoms with van der Waals surface area (Å²) in [5.74, 6) is -1.68. The van der Waals surface area contributed by atoms with Crippen LogP contribution in [-0.4, -0.2) is 27.4 Å². The molecule has 0 atom stereocenters. The SMILES string of the molecule is O=C(Nc1ccc(F)cc1F)N(CCc1ccccn1)Cc1ccccc1[N+](=O)[O-]. The van der Waals surface area contributed by atoms with Crippen LogP contribution in [0.5, 0.6) is 0 Å². The first-order valence-electron chi connectivity index (χ1n) is 9.07. The third-order valence-corrected chi connectivity index (χ3v) is 4.37. The molecule has 0 saturated carbocycles. The summed E-state index contributed by atoms with van der Waals surface area (Å²) in [5.41, 5.74) is 0.747. The van der Waals surface area contributed by atoms with Crippen LogP contribution in [0.3, 0.4) is 0 Å². The summed E-state index contributed by atoms with van der Waals surface area (Å²) in [4.78, 5) is 29.1. The van der Waals surface area contributed by atoms with Crippen molar-refractivity contribution in [3.8, 4) is 0 Å². The number of hydrogen-bond acceptors (Lipinski definition) is 4. The second-order valence-corrected chi connectivity index (χ2v) is 6.43.